The van der Waals surface area contributed by atoms with Gasteiger partial charge in [0.15, 0.2) is 11.0 Å². The average molecular weight is 350 g/mol. The van der Waals surface area contributed by atoms with Gasteiger partial charge in [0, 0.05) is 30.8 Å². The van der Waals surface area contributed by atoms with Crippen molar-refractivity contribution in [3.8, 4) is 11.4 Å². The van der Waals surface area contributed by atoms with Gasteiger partial charge in [-0.2, -0.15) is 13.2 Å². The maximum atomic E-state index is 12.7. The molecule has 0 amide bonds. The number of rotatable bonds is 4. The highest BCUT2D eigenvalue weighted by molar-refractivity contribution is 7.98. The summed E-state index contributed by atoms with van der Waals surface area (Å²) in [6.45, 7) is 0. The molecule has 24 heavy (non-hydrogen) atoms. The van der Waals surface area contributed by atoms with Crippen molar-refractivity contribution in [3.63, 3.8) is 0 Å². The van der Waals surface area contributed by atoms with Gasteiger partial charge in [-0.1, -0.05) is 30.0 Å². The van der Waals surface area contributed by atoms with E-state index in [4.69, 9.17) is 0 Å². The van der Waals surface area contributed by atoms with Crippen molar-refractivity contribution in [1.29, 1.82) is 0 Å². The topological polar surface area (TPSA) is 43.6 Å². The van der Waals surface area contributed by atoms with Crippen LogP contribution in [-0.4, -0.2) is 19.7 Å². The Kier molecular flexibility index (Phi) is 4.57. The Morgan fingerprint density at radius 3 is 2.54 bits per heavy atom. The van der Waals surface area contributed by atoms with E-state index < -0.39 is 11.7 Å². The quantitative estimate of drug-likeness (QED) is 0.662. The Hall–Kier alpha value is -2.35. The molecule has 0 aliphatic rings. The lowest BCUT2D eigenvalue weighted by molar-refractivity contribution is -0.137. The maximum absolute atomic E-state index is 12.7. The summed E-state index contributed by atoms with van der Waals surface area (Å²) in [7, 11) is 1.82. The number of pyridine rings is 1. The van der Waals surface area contributed by atoms with E-state index >= 15 is 0 Å². The number of alkyl halides is 3. The number of halogens is 3. The summed E-state index contributed by atoms with van der Waals surface area (Å²) in [6, 6.07) is 8.96. The molecular formula is C16H13F3N4S. The highest BCUT2D eigenvalue weighted by Gasteiger charge is 2.30. The molecule has 124 valence electrons. The standard InChI is InChI=1S/C16H13F3N4S/c1-23-14(12-5-7-20-8-6-12)21-22-15(23)24-10-11-3-2-4-13(9-11)16(17,18)19/h2-9H,10H2,1H3. The number of nitrogens with zero attached hydrogens (tertiary/aromatic N) is 4. The highest BCUT2D eigenvalue weighted by atomic mass is 32.2. The maximum Gasteiger partial charge on any atom is 0.416 e. The van der Waals surface area contributed by atoms with Crippen LogP contribution in [0.3, 0.4) is 0 Å². The first-order valence-corrected chi connectivity index (χ1v) is 8.02. The lowest BCUT2D eigenvalue weighted by atomic mass is 10.1. The van der Waals surface area contributed by atoms with E-state index in [0.29, 0.717) is 22.3 Å². The van der Waals surface area contributed by atoms with Crippen molar-refractivity contribution in [3.05, 3.63) is 59.9 Å². The zero-order valence-electron chi connectivity index (χ0n) is 12.7. The fourth-order valence-corrected chi connectivity index (χ4v) is 3.03. The average Bonchev–Trinajstić information content (AvgIpc) is 2.94. The van der Waals surface area contributed by atoms with Gasteiger partial charge >= 0.3 is 6.18 Å². The Labute approximate surface area is 140 Å². The van der Waals surface area contributed by atoms with Gasteiger partial charge in [0.05, 0.1) is 5.56 Å². The van der Waals surface area contributed by atoms with E-state index in [0.717, 1.165) is 17.7 Å². The summed E-state index contributed by atoms with van der Waals surface area (Å²) >= 11 is 1.34. The smallest absolute Gasteiger partial charge is 0.305 e. The summed E-state index contributed by atoms with van der Waals surface area (Å²) in [4.78, 5) is 3.96. The van der Waals surface area contributed by atoms with Crippen molar-refractivity contribution < 1.29 is 13.2 Å². The predicted octanol–water partition coefficient (Wildman–Crippen LogP) is 4.19. The van der Waals surface area contributed by atoms with Crippen LogP contribution in [-0.2, 0) is 19.0 Å². The Morgan fingerprint density at radius 1 is 1.08 bits per heavy atom. The predicted molar refractivity (Wildman–Crippen MR) is 85.2 cm³/mol. The molecule has 2 heterocycles. The van der Waals surface area contributed by atoms with Gasteiger partial charge in [0.2, 0.25) is 0 Å². The molecular weight excluding hydrogens is 337 g/mol. The number of benzene rings is 1. The first-order valence-electron chi connectivity index (χ1n) is 7.04. The van der Waals surface area contributed by atoms with Crippen LogP contribution >= 0.6 is 11.8 Å². The second kappa shape index (κ2) is 6.64. The second-order valence-electron chi connectivity index (χ2n) is 5.09. The van der Waals surface area contributed by atoms with Gasteiger partial charge in [0.25, 0.3) is 0 Å². The van der Waals surface area contributed by atoms with Crippen molar-refractivity contribution >= 4 is 11.8 Å². The SMILES string of the molecule is Cn1c(SCc2cccc(C(F)(F)F)c2)nnc1-c1ccncc1. The van der Waals surface area contributed by atoms with E-state index in [2.05, 4.69) is 15.2 Å². The molecule has 0 unspecified atom stereocenters. The largest absolute Gasteiger partial charge is 0.416 e. The van der Waals surface area contributed by atoms with Crippen molar-refractivity contribution in [2.45, 2.75) is 17.1 Å². The first-order chi connectivity index (χ1) is 11.4. The normalized spacial score (nSPS) is 11.7. The third-order valence-corrected chi connectivity index (χ3v) is 4.49. The number of hydrogen-bond acceptors (Lipinski definition) is 4. The minimum atomic E-state index is -4.33. The van der Waals surface area contributed by atoms with Crippen molar-refractivity contribution in [2.24, 2.45) is 7.05 Å². The molecule has 0 saturated heterocycles. The van der Waals surface area contributed by atoms with Gasteiger partial charge in [-0.3, -0.25) is 4.98 Å². The van der Waals surface area contributed by atoms with Crippen LogP contribution in [0.15, 0.2) is 53.9 Å². The lowest BCUT2D eigenvalue weighted by Crippen LogP contribution is -2.05. The first kappa shape index (κ1) is 16.5. The Balaban J connectivity index is 1.75. The zero-order valence-corrected chi connectivity index (χ0v) is 13.5. The van der Waals surface area contributed by atoms with Crippen LogP contribution in [0.5, 0.6) is 0 Å². The number of aromatic nitrogens is 4. The summed E-state index contributed by atoms with van der Waals surface area (Å²) < 4.78 is 40.1. The molecule has 0 saturated carbocycles. The lowest BCUT2D eigenvalue weighted by Gasteiger charge is -2.08. The van der Waals surface area contributed by atoms with E-state index in [1.807, 2.05) is 23.7 Å². The minimum absolute atomic E-state index is 0.381. The number of hydrogen-bond donors (Lipinski definition) is 0. The van der Waals surface area contributed by atoms with E-state index in [-0.39, 0.29) is 0 Å². The number of thioether (sulfide) groups is 1. The molecule has 0 radical (unpaired) electrons. The third kappa shape index (κ3) is 3.59. The van der Waals surface area contributed by atoms with Crippen LogP contribution in [0.25, 0.3) is 11.4 Å². The summed E-state index contributed by atoms with van der Waals surface area (Å²) in [6.07, 6.45) is -1.00. The molecule has 0 spiro atoms. The fraction of sp³-hybridized carbons (Fsp3) is 0.188. The van der Waals surface area contributed by atoms with Crippen molar-refractivity contribution in [2.75, 3.05) is 0 Å². The van der Waals surface area contributed by atoms with Gasteiger partial charge in [-0.15, -0.1) is 10.2 Å². The summed E-state index contributed by atoms with van der Waals surface area (Å²) in [5.41, 5.74) is 0.824. The molecule has 0 aliphatic carbocycles. The van der Waals surface area contributed by atoms with E-state index in [1.165, 1.54) is 17.8 Å². The summed E-state index contributed by atoms with van der Waals surface area (Å²) in [5, 5.41) is 8.89. The fourth-order valence-electron chi connectivity index (χ4n) is 2.18. The molecule has 0 N–H and O–H groups in total. The van der Waals surface area contributed by atoms with E-state index in [9.17, 15) is 13.2 Å². The molecule has 0 aliphatic heterocycles. The molecule has 1 aromatic carbocycles. The molecule has 3 aromatic rings. The van der Waals surface area contributed by atoms with Crippen LogP contribution in [0.1, 0.15) is 11.1 Å². The minimum Gasteiger partial charge on any atom is -0.305 e. The van der Waals surface area contributed by atoms with Gasteiger partial charge in [-0.05, 0) is 23.8 Å². The molecule has 8 heteroatoms. The van der Waals surface area contributed by atoms with Gasteiger partial charge in [-0.25, -0.2) is 0 Å². The highest BCUT2D eigenvalue weighted by Crippen LogP contribution is 2.31. The van der Waals surface area contributed by atoms with Crippen LogP contribution < -0.4 is 0 Å². The second-order valence-corrected chi connectivity index (χ2v) is 6.03. The van der Waals surface area contributed by atoms with Crippen molar-refractivity contribution in [1.82, 2.24) is 19.7 Å². The Morgan fingerprint density at radius 2 is 1.83 bits per heavy atom. The summed E-state index contributed by atoms with van der Waals surface area (Å²) in [5.74, 6) is 1.07. The molecule has 0 atom stereocenters. The van der Waals surface area contributed by atoms with Gasteiger partial charge < -0.3 is 4.57 Å². The van der Waals surface area contributed by atoms with E-state index in [1.54, 1.807) is 18.5 Å². The monoisotopic (exact) mass is 350 g/mol. The molecule has 4 nitrogen and oxygen atoms in total. The van der Waals surface area contributed by atoms with Crippen LogP contribution in [0.2, 0.25) is 0 Å². The molecule has 0 fully saturated rings. The third-order valence-electron chi connectivity index (χ3n) is 3.40. The van der Waals surface area contributed by atoms with Gasteiger partial charge in [0.1, 0.15) is 0 Å². The van der Waals surface area contributed by atoms with Crippen LogP contribution in [0.4, 0.5) is 13.2 Å². The Bertz CT molecular complexity index is 831. The zero-order chi connectivity index (χ0) is 17.2. The molecule has 3 rings (SSSR count). The molecule has 0 bridgehead atoms. The van der Waals surface area contributed by atoms with Crippen LogP contribution in [0, 0.1) is 0 Å². The molecule has 2 aromatic heterocycles.